The van der Waals surface area contributed by atoms with Gasteiger partial charge in [0.1, 0.15) is 0 Å². The molecule has 2 saturated heterocycles. The fourth-order valence-electron chi connectivity index (χ4n) is 3.14. The molecule has 2 heterocycles. The van der Waals surface area contributed by atoms with Crippen molar-refractivity contribution in [1.82, 2.24) is 14.9 Å². The van der Waals surface area contributed by atoms with Crippen molar-refractivity contribution in [3.63, 3.8) is 0 Å². The van der Waals surface area contributed by atoms with E-state index in [-0.39, 0.29) is 11.9 Å². The van der Waals surface area contributed by atoms with Gasteiger partial charge in [-0.25, -0.2) is 13.1 Å². The number of hydrogen-bond acceptors (Lipinski definition) is 5. The maximum Gasteiger partial charge on any atom is 0.213 e. The van der Waals surface area contributed by atoms with E-state index in [4.69, 9.17) is 9.47 Å². The smallest absolute Gasteiger partial charge is 0.213 e. The molecule has 2 rings (SSSR count). The minimum atomic E-state index is -3.32. The summed E-state index contributed by atoms with van der Waals surface area (Å²) in [6.07, 6.45) is 4.14. The van der Waals surface area contributed by atoms with E-state index in [2.05, 4.69) is 15.0 Å². The molecule has 0 aromatic rings. The SMILES string of the molecule is CN=C(NCCS(=O)(=O)NCC1CCCCO1)N(C)CC1CCOC1. The second-order valence-corrected chi connectivity index (χ2v) is 8.67. The van der Waals surface area contributed by atoms with E-state index in [0.717, 1.165) is 52.0 Å². The number of rotatable bonds is 8. The quantitative estimate of drug-likeness (QED) is 0.458. The van der Waals surface area contributed by atoms with E-state index in [9.17, 15) is 8.42 Å². The Morgan fingerprint density at radius 1 is 1.28 bits per heavy atom. The molecule has 2 unspecified atom stereocenters. The molecule has 0 bridgehead atoms. The number of nitrogens with one attached hydrogen (secondary N) is 2. The van der Waals surface area contributed by atoms with Crippen molar-refractivity contribution < 1.29 is 17.9 Å². The van der Waals surface area contributed by atoms with E-state index in [1.54, 1.807) is 7.05 Å². The number of aliphatic imine (C=N–C) groups is 1. The van der Waals surface area contributed by atoms with Crippen LogP contribution in [0.4, 0.5) is 0 Å². The van der Waals surface area contributed by atoms with Gasteiger partial charge in [-0.2, -0.15) is 0 Å². The minimum absolute atomic E-state index is 0.00372. The molecule has 9 heteroatoms. The Kier molecular flexibility index (Phi) is 8.41. The number of nitrogens with zero attached hydrogens (tertiary/aromatic N) is 2. The van der Waals surface area contributed by atoms with Crippen molar-refractivity contribution >= 4 is 16.0 Å². The van der Waals surface area contributed by atoms with Crippen LogP contribution in [-0.2, 0) is 19.5 Å². The predicted octanol–water partition coefficient (Wildman–Crippen LogP) is 0.0186. The average Bonchev–Trinajstić information content (AvgIpc) is 3.11. The highest BCUT2D eigenvalue weighted by molar-refractivity contribution is 7.89. The van der Waals surface area contributed by atoms with Crippen LogP contribution in [-0.4, -0.2) is 84.7 Å². The van der Waals surface area contributed by atoms with Gasteiger partial charge in [0, 0.05) is 52.9 Å². The number of guanidine groups is 1. The number of hydrogen-bond donors (Lipinski definition) is 2. The van der Waals surface area contributed by atoms with Gasteiger partial charge in [0.2, 0.25) is 10.0 Å². The van der Waals surface area contributed by atoms with Gasteiger partial charge < -0.3 is 19.7 Å². The van der Waals surface area contributed by atoms with E-state index in [0.29, 0.717) is 25.0 Å². The lowest BCUT2D eigenvalue weighted by Gasteiger charge is -2.25. The Morgan fingerprint density at radius 3 is 2.76 bits per heavy atom. The lowest BCUT2D eigenvalue weighted by molar-refractivity contribution is 0.0200. The summed E-state index contributed by atoms with van der Waals surface area (Å²) in [5.41, 5.74) is 0. The van der Waals surface area contributed by atoms with Gasteiger partial charge in [0.05, 0.1) is 18.5 Å². The Morgan fingerprint density at radius 2 is 2.12 bits per heavy atom. The molecule has 0 amide bonds. The first-order valence-electron chi connectivity index (χ1n) is 9.08. The van der Waals surface area contributed by atoms with E-state index in [1.807, 2.05) is 11.9 Å². The topological polar surface area (TPSA) is 92.3 Å². The van der Waals surface area contributed by atoms with Crippen LogP contribution in [0.25, 0.3) is 0 Å². The molecule has 8 nitrogen and oxygen atoms in total. The van der Waals surface area contributed by atoms with Crippen molar-refractivity contribution in [2.75, 3.05) is 59.3 Å². The first-order valence-corrected chi connectivity index (χ1v) is 10.7. The first kappa shape index (κ1) is 20.4. The molecular formula is C16H32N4O4S. The number of sulfonamides is 1. The van der Waals surface area contributed by atoms with Gasteiger partial charge in [-0.3, -0.25) is 4.99 Å². The standard InChI is InChI=1S/C16H32N4O4S/c1-17-16(20(2)12-14-6-9-23-13-14)18-7-10-25(21,22)19-11-15-5-3-4-8-24-15/h14-15,19H,3-13H2,1-2H3,(H,17,18). The third kappa shape index (κ3) is 7.47. The zero-order valence-corrected chi connectivity index (χ0v) is 16.2. The molecule has 0 aromatic heterocycles. The van der Waals surface area contributed by atoms with E-state index < -0.39 is 10.0 Å². The third-order valence-corrected chi connectivity index (χ3v) is 5.94. The van der Waals surface area contributed by atoms with Gasteiger partial charge in [-0.1, -0.05) is 0 Å². The molecule has 2 aliphatic rings. The van der Waals surface area contributed by atoms with Crippen molar-refractivity contribution in [3.05, 3.63) is 0 Å². The van der Waals surface area contributed by atoms with Crippen LogP contribution in [0.5, 0.6) is 0 Å². The summed E-state index contributed by atoms with van der Waals surface area (Å²) in [7, 11) is 0.346. The highest BCUT2D eigenvalue weighted by atomic mass is 32.2. The molecule has 0 saturated carbocycles. The van der Waals surface area contributed by atoms with E-state index in [1.165, 1.54) is 0 Å². The van der Waals surface area contributed by atoms with Crippen LogP contribution >= 0.6 is 0 Å². The molecule has 2 atom stereocenters. The van der Waals surface area contributed by atoms with Crippen LogP contribution in [0, 0.1) is 5.92 Å². The summed E-state index contributed by atoms with van der Waals surface area (Å²) in [5.74, 6) is 1.22. The van der Waals surface area contributed by atoms with Gasteiger partial charge in [-0.05, 0) is 25.7 Å². The zero-order valence-electron chi connectivity index (χ0n) is 15.4. The second kappa shape index (κ2) is 10.3. The van der Waals surface area contributed by atoms with Crippen LogP contribution in [0.1, 0.15) is 25.7 Å². The van der Waals surface area contributed by atoms with E-state index >= 15 is 0 Å². The highest BCUT2D eigenvalue weighted by Gasteiger charge is 2.20. The fraction of sp³-hybridized carbons (Fsp3) is 0.938. The highest BCUT2D eigenvalue weighted by Crippen LogP contribution is 2.13. The van der Waals surface area contributed by atoms with Crippen LogP contribution < -0.4 is 10.0 Å². The summed E-state index contributed by atoms with van der Waals surface area (Å²) >= 11 is 0. The fourth-order valence-corrected chi connectivity index (χ4v) is 4.10. The Bertz CT molecular complexity index is 514. The zero-order chi connectivity index (χ0) is 18.1. The summed E-state index contributed by atoms with van der Waals surface area (Å²) < 4.78 is 37.8. The van der Waals surface area contributed by atoms with Crippen molar-refractivity contribution in [3.8, 4) is 0 Å². The summed E-state index contributed by atoms with van der Waals surface area (Å²) in [6, 6.07) is 0. The summed E-state index contributed by atoms with van der Waals surface area (Å²) in [6.45, 7) is 3.85. The Hall–Kier alpha value is -0.900. The Balaban J connectivity index is 1.67. The molecule has 2 fully saturated rings. The number of ether oxygens (including phenoxy) is 2. The molecular weight excluding hydrogens is 344 g/mol. The summed E-state index contributed by atoms with van der Waals surface area (Å²) in [4.78, 5) is 6.25. The van der Waals surface area contributed by atoms with Gasteiger partial charge in [0.15, 0.2) is 5.96 Å². The summed E-state index contributed by atoms with van der Waals surface area (Å²) in [5, 5.41) is 3.12. The maximum absolute atomic E-state index is 12.1. The largest absolute Gasteiger partial charge is 0.381 e. The van der Waals surface area contributed by atoms with Crippen LogP contribution in [0.3, 0.4) is 0 Å². The third-order valence-electron chi connectivity index (χ3n) is 4.59. The molecule has 146 valence electrons. The monoisotopic (exact) mass is 376 g/mol. The molecule has 2 N–H and O–H groups in total. The van der Waals surface area contributed by atoms with Gasteiger partial charge >= 0.3 is 0 Å². The molecule has 2 aliphatic heterocycles. The molecule has 0 spiro atoms. The Labute approximate surface area is 151 Å². The van der Waals surface area contributed by atoms with Crippen LogP contribution in [0.2, 0.25) is 0 Å². The molecule has 0 radical (unpaired) electrons. The second-order valence-electron chi connectivity index (χ2n) is 6.74. The predicted molar refractivity (Wildman–Crippen MR) is 98.3 cm³/mol. The lowest BCUT2D eigenvalue weighted by atomic mass is 10.1. The van der Waals surface area contributed by atoms with Crippen LogP contribution in [0.15, 0.2) is 4.99 Å². The average molecular weight is 377 g/mol. The minimum Gasteiger partial charge on any atom is -0.381 e. The van der Waals surface area contributed by atoms with Gasteiger partial charge in [-0.15, -0.1) is 0 Å². The molecule has 0 aromatic carbocycles. The molecule has 0 aliphatic carbocycles. The van der Waals surface area contributed by atoms with Crippen molar-refractivity contribution in [1.29, 1.82) is 0 Å². The van der Waals surface area contributed by atoms with Crippen molar-refractivity contribution in [2.24, 2.45) is 10.9 Å². The maximum atomic E-state index is 12.1. The van der Waals surface area contributed by atoms with Crippen molar-refractivity contribution in [2.45, 2.75) is 31.8 Å². The molecule has 25 heavy (non-hydrogen) atoms. The lowest BCUT2D eigenvalue weighted by Crippen LogP contribution is -2.44. The normalized spacial score (nSPS) is 25.1. The van der Waals surface area contributed by atoms with Gasteiger partial charge in [0.25, 0.3) is 0 Å². The first-order chi connectivity index (χ1) is 12.0.